The molecule has 0 aliphatic heterocycles. The first-order valence-corrected chi connectivity index (χ1v) is 6.10. The molecule has 0 saturated heterocycles. The number of thioether (sulfide) groups is 1. The van der Waals surface area contributed by atoms with Crippen LogP contribution in [0.15, 0.2) is 29.2 Å². The van der Waals surface area contributed by atoms with Gasteiger partial charge in [-0.25, -0.2) is 0 Å². The number of hydrogen-bond donors (Lipinski definition) is 2. The summed E-state index contributed by atoms with van der Waals surface area (Å²) in [5.74, 6) is 0. The van der Waals surface area contributed by atoms with Crippen molar-refractivity contribution in [2.75, 3.05) is 12.8 Å². The lowest BCUT2D eigenvalue weighted by atomic mass is 10.0. The third-order valence-electron chi connectivity index (χ3n) is 2.26. The second-order valence-corrected chi connectivity index (χ2v) is 4.19. The van der Waals surface area contributed by atoms with Crippen molar-refractivity contribution in [2.24, 2.45) is 11.5 Å². The van der Waals surface area contributed by atoms with Crippen LogP contribution in [-0.2, 0) is 0 Å². The zero-order valence-electron chi connectivity index (χ0n) is 8.98. The first-order valence-electron chi connectivity index (χ1n) is 4.87. The molecule has 0 saturated carbocycles. The van der Waals surface area contributed by atoms with Crippen molar-refractivity contribution >= 4 is 24.2 Å². The predicted molar refractivity (Wildman–Crippen MR) is 70.7 cm³/mol. The molecule has 0 aliphatic rings. The van der Waals surface area contributed by atoms with E-state index in [1.165, 1.54) is 10.5 Å². The Balaban J connectivity index is 0.00000196. The van der Waals surface area contributed by atoms with Gasteiger partial charge in [-0.15, -0.1) is 24.2 Å². The molecule has 0 fully saturated rings. The summed E-state index contributed by atoms with van der Waals surface area (Å²) in [5, 5.41) is 0. The van der Waals surface area contributed by atoms with Crippen molar-refractivity contribution in [3.05, 3.63) is 29.8 Å². The van der Waals surface area contributed by atoms with Gasteiger partial charge in [0.1, 0.15) is 0 Å². The van der Waals surface area contributed by atoms with Gasteiger partial charge in [-0.2, -0.15) is 0 Å². The van der Waals surface area contributed by atoms with Gasteiger partial charge in [0, 0.05) is 10.9 Å². The summed E-state index contributed by atoms with van der Waals surface area (Å²) >= 11 is 1.75. The van der Waals surface area contributed by atoms with E-state index in [1.54, 1.807) is 11.8 Å². The zero-order valence-corrected chi connectivity index (χ0v) is 10.6. The van der Waals surface area contributed by atoms with Crippen molar-refractivity contribution in [1.29, 1.82) is 0 Å². The van der Waals surface area contributed by atoms with Gasteiger partial charge in [0.15, 0.2) is 0 Å². The molecule has 0 unspecified atom stereocenters. The highest BCUT2D eigenvalue weighted by atomic mass is 35.5. The van der Waals surface area contributed by atoms with E-state index in [-0.39, 0.29) is 18.4 Å². The second kappa shape index (κ2) is 7.99. The largest absolute Gasteiger partial charge is 0.330 e. The van der Waals surface area contributed by atoms with Crippen LogP contribution in [0.5, 0.6) is 0 Å². The summed E-state index contributed by atoms with van der Waals surface area (Å²) in [7, 11) is 0. The van der Waals surface area contributed by atoms with E-state index in [4.69, 9.17) is 11.5 Å². The summed E-state index contributed by atoms with van der Waals surface area (Å²) in [4.78, 5) is 1.28. The lowest BCUT2D eigenvalue weighted by Gasteiger charge is -2.11. The minimum Gasteiger partial charge on any atom is -0.330 e. The maximum Gasteiger partial charge on any atom is 0.0295 e. The number of hydrogen-bond acceptors (Lipinski definition) is 3. The average Bonchev–Trinajstić information content (AvgIpc) is 2.26. The minimum absolute atomic E-state index is 0. The van der Waals surface area contributed by atoms with Gasteiger partial charge in [-0.1, -0.05) is 12.1 Å². The van der Waals surface area contributed by atoms with E-state index in [1.807, 2.05) is 0 Å². The highest BCUT2D eigenvalue weighted by Gasteiger charge is 2.04. The topological polar surface area (TPSA) is 52.0 Å². The van der Waals surface area contributed by atoms with Crippen LogP contribution in [0.4, 0.5) is 0 Å². The van der Waals surface area contributed by atoms with Crippen molar-refractivity contribution in [3.63, 3.8) is 0 Å². The molecule has 2 nitrogen and oxygen atoms in total. The van der Waals surface area contributed by atoms with E-state index in [0.29, 0.717) is 0 Å². The summed E-state index contributed by atoms with van der Waals surface area (Å²) in [6.07, 6.45) is 4.03. The number of benzene rings is 1. The fourth-order valence-corrected chi connectivity index (χ4v) is 1.76. The quantitative estimate of drug-likeness (QED) is 0.786. The van der Waals surface area contributed by atoms with Crippen LogP contribution in [0.25, 0.3) is 0 Å². The molecule has 0 heterocycles. The first kappa shape index (κ1) is 14.8. The molecule has 86 valence electrons. The molecule has 0 amide bonds. The fraction of sp³-hybridized carbons (Fsp3) is 0.455. The van der Waals surface area contributed by atoms with Crippen LogP contribution in [0.3, 0.4) is 0 Å². The Morgan fingerprint density at radius 1 is 1.27 bits per heavy atom. The molecule has 4 N–H and O–H groups in total. The van der Waals surface area contributed by atoms with Crippen LogP contribution in [-0.4, -0.2) is 12.8 Å². The Bertz CT molecular complexity index is 264. The maximum atomic E-state index is 6.01. The van der Waals surface area contributed by atoms with Crippen LogP contribution < -0.4 is 11.5 Å². The van der Waals surface area contributed by atoms with Crippen molar-refractivity contribution in [3.8, 4) is 0 Å². The molecule has 1 aromatic carbocycles. The van der Waals surface area contributed by atoms with Gasteiger partial charge in [0.05, 0.1) is 0 Å². The Kier molecular flexibility index (Phi) is 7.88. The summed E-state index contributed by atoms with van der Waals surface area (Å²) in [5.41, 5.74) is 12.7. The van der Waals surface area contributed by atoms with Crippen molar-refractivity contribution in [1.82, 2.24) is 0 Å². The molecule has 0 radical (unpaired) electrons. The molecular formula is C11H19ClN2S. The molecule has 0 spiro atoms. The van der Waals surface area contributed by atoms with Gasteiger partial charge in [0.2, 0.25) is 0 Å². The van der Waals surface area contributed by atoms with Gasteiger partial charge >= 0.3 is 0 Å². The standard InChI is InChI=1S/C11H18N2S.ClH/c1-14-10-6-4-9(5-7-10)11(13)3-2-8-12;/h4-7,11H,2-3,8,12-13H2,1H3;1H/t11-;/m1./s1. The number of nitrogens with two attached hydrogens (primary N) is 2. The SMILES string of the molecule is CSc1ccc([C@H](N)CCCN)cc1.Cl. The molecule has 1 aromatic rings. The molecular weight excluding hydrogens is 228 g/mol. The molecule has 0 aromatic heterocycles. The van der Waals surface area contributed by atoms with E-state index in [9.17, 15) is 0 Å². The highest BCUT2D eigenvalue weighted by Crippen LogP contribution is 2.20. The Hall–Kier alpha value is -0.220. The van der Waals surface area contributed by atoms with Crippen molar-refractivity contribution in [2.45, 2.75) is 23.8 Å². The van der Waals surface area contributed by atoms with Gasteiger partial charge in [0.25, 0.3) is 0 Å². The normalized spacial score (nSPS) is 11.9. The molecule has 4 heteroatoms. The van der Waals surface area contributed by atoms with Crippen LogP contribution >= 0.6 is 24.2 Å². The summed E-state index contributed by atoms with van der Waals surface area (Å²) in [6.45, 7) is 0.719. The van der Waals surface area contributed by atoms with Crippen LogP contribution in [0, 0.1) is 0 Å². The number of rotatable bonds is 5. The fourth-order valence-electron chi connectivity index (χ4n) is 1.36. The molecule has 15 heavy (non-hydrogen) atoms. The van der Waals surface area contributed by atoms with E-state index >= 15 is 0 Å². The average molecular weight is 247 g/mol. The smallest absolute Gasteiger partial charge is 0.0295 e. The zero-order chi connectivity index (χ0) is 10.4. The number of halogens is 1. The van der Waals surface area contributed by atoms with Gasteiger partial charge in [-0.05, 0) is 43.3 Å². The maximum absolute atomic E-state index is 6.01. The van der Waals surface area contributed by atoms with Gasteiger partial charge in [-0.3, -0.25) is 0 Å². The van der Waals surface area contributed by atoms with Crippen molar-refractivity contribution < 1.29 is 0 Å². The Morgan fingerprint density at radius 3 is 2.33 bits per heavy atom. The first-order chi connectivity index (χ1) is 6.77. The summed E-state index contributed by atoms with van der Waals surface area (Å²) < 4.78 is 0. The van der Waals surface area contributed by atoms with Crippen LogP contribution in [0.2, 0.25) is 0 Å². The van der Waals surface area contributed by atoms with E-state index in [0.717, 1.165) is 19.4 Å². The molecule has 0 aliphatic carbocycles. The van der Waals surface area contributed by atoms with Crippen LogP contribution in [0.1, 0.15) is 24.4 Å². The second-order valence-electron chi connectivity index (χ2n) is 3.31. The lowest BCUT2D eigenvalue weighted by Crippen LogP contribution is -2.12. The Labute approximate surface area is 102 Å². The van der Waals surface area contributed by atoms with Gasteiger partial charge < -0.3 is 11.5 Å². The predicted octanol–water partition coefficient (Wildman–Crippen LogP) is 2.57. The minimum atomic E-state index is 0. The lowest BCUT2D eigenvalue weighted by molar-refractivity contribution is 0.617. The third-order valence-corrected chi connectivity index (χ3v) is 3.01. The summed E-state index contributed by atoms with van der Waals surface area (Å²) in [6, 6.07) is 8.57. The molecule has 1 rings (SSSR count). The highest BCUT2D eigenvalue weighted by molar-refractivity contribution is 7.98. The third kappa shape index (κ3) is 4.89. The molecule has 0 bridgehead atoms. The Morgan fingerprint density at radius 2 is 1.87 bits per heavy atom. The molecule has 1 atom stereocenters. The van der Waals surface area contributed by atoms with E-state index in [2.05, 4.69) is 30.5 Å². The monoisotopic (exact) mass is 246 g/mol. The van der Waals surface area contributed by atoms with E-state index < -0.39 is 0 Å².